The van der Waals surface area contributed by atoms with Gasteiger partial charge in [0.25, 0.3) is 5.69 Å². The van der Waals surface area contributed by atoms with E-state index in [4.69, 9.17) is 16.3 Å². The minimum atomic E-state index is -0.469. The van der Waals surface area contributed by atoms with Crippen LogP contribution in [0, 0.1) is 17.0 Å². The molecular weight excluding hydrogens is 358 g/mol. The Morgan fingerprint density at radius 1 is 1.35 bits per heavy atom. The van der Waals surface area contributed by atoms with E-state index in [0.29, 0.717) is 40.2 Å². The summed E-state index contributed by atoms with van der Waals surface area (Å²) >= 11 is 6.14. The molecule has 1 N–H and O–H groups in total. The minimum Gasteiger partial charge on any atom is -0.494 e. The summed E-state index contributed by atoms with van der Waals surface area (Å²) in [6, 6.07) is 6.33. The first-order valence-electron chi connectivity index (χ1n) is 8.19. The number of fused-ring (bicyclic) bond motifs is 1. The Morgan fingerprint density at radius 3 is 2.73 bits per heavy atom. The lowest BCUT2D eigenvalue weighted by Crippen LogP contribution is -2.06. The third-order valence-corrected chi connectivity index (χ3v) is 3.81. The lowest BCUT2D eigenvalue weighted by atomic mass is 10.2. The summed E-state index contributed by atoms with van der Waals surface area (Å²) in [6.07, 6.45) is 1.58. The number of nitrogens with zero attached hydrogens (tertiary/aromatic N) is 4. The Labute approximate surface area is 155 Å². The van der Waals surface area contributed by atoms with Gasteiger partial charge in [0.2, 0.25) is 0 Å². The molecule has 138 valence electrons. The largest absolute Gasteiger partial charge is 0.494 e. The molecule has 0 aliphatic heterocycles. The van der Waals surface area contributed by atoms with Crippen LogP contribution in [-0.2, 0) is 0 Å². The maximum Gasteiger partial charge on any atom is 0.296 e. The average Bonchev–Trinajstić information content (AvgIpc) is 3.09. The summed E-state index contributed by atoms with van der Waals surface area (Å²) in [5.74, 6) is 0.950. The number of nitro benzene ring substituents is 1. The number of hydrogen-bond acceptors (Lipinski definition) is 6. The summed E-state index contributed by atoms with van der Waals surface area (Å²) in [6.45, 7) is 8.00. The van der Waals surface area contributed by atoms with Crippen LogP contribution in [0.2, 0.25) is 5.15 Å². The van der Waals surface area contributed by atoms with E-state index in [9.17, 15) is 10.1 Å². The van der Waals surface area contributed by atoms with Gasteiger partial charge in [-0.1, -0.05) is 25.4 Å². The van der Waals surface area contributed by atoms with Crippen LogP contribution in [0.5, 0.6) is 5.75 Å². The van der Waals surface area contributed by atoms with Crippen molar-refractivity contribution in [1.82, 2.24) is 14.6 Å². The predicted molar refractivity (Wildman–Crippen MR) is 102 cm³/mol. The summed E-state index contributed by atoms with van der Waals surface area (Å²) in [7, 11) is 0. The number of halogens is 1. The lowest BCUT2D eigenvalue weighted by molar-refractivity contribution is -0.384. The zero-order valence-electron chi connectivity index (χ0n) is 15.0. The molecule has 0 radical (unpaired) electrons. The van der Waals surface area contributed by atoms with Crippen LogP contribution in [0.25, 0.3) is 5.65 Å². The van der Waals surface area contributed by atoms with E-state index < -0.39 is 4.92 Å². The van der Waals surface area contributed by atoms with Crippen LogP contribution in [0.3, 0.4) is 0 Å². The number of hydrogen-bond donors (Lipinski definition) is 1. The number of benzene rings is 1. The summed E-state index contributed by atoms with van der Waals surface area (Å²) in [5, 5.41) is 18.9. The van der Waals surface area contributed by atoms with Crippen LogP contribution >= 0.6 is 11.6 Å². The number of rotatable bonds is 5. The number of nitrogens with one attached hydrogen (secondary N) is 1. The zero-order chi connectivity index (χ0) is 19.3. The third-order valence-electron chi connectivity index (χ3n) is 3.44. The van der Waals surface area contributed by atoms with E-state index in [-0.39, 0.29) is 5.69 Å². The number of anilines is 2. The SMILES string of the molecule is CC.CCOc1ccc(Nc2c(C)c(Cl)nc3ccnn23)c([N+](=O)[O-])c1. The Morgan fingerprint density at radius 2 is 2.08 bits per heavy atom. The maximum absolute atomic E-state index is 11.4. The highest BCUT2D eigenvalue weighted by atomic mass is 35.5. The standard InChI is InChI=1S/C15H14ClN5O3.C2H6/c1-3-24-10-4-5-11(12(8-10)21(22)23)18-15-9(2)14(16)19-13-6-7-17-20(13)15;1-2/h4-8,18H,3H2,1-2H3;1-2H3. The highest BCUT2D eigenvalue weighted by Crippen LogP contribution is 2.33. The Kier molecular flexibility index (Phi) is 6.35. The number of ether oxygens (including phenoxy) is 1. The molecule has 0 saturated carbocycles. The van der Waals surface area contributed by atoms with Crippen LogP contribution in [0.1, 0.15) is 26.3 Å². The molecular formula is C17H20ClN5O3. The smallest absolute Gasteiger partial charge is 0.296 e. The monoisotopic (exact) mass is 377 g/mol. The molecule has 0 aliphatic rings. The van der Waals surface area contributed by atoms with Crippen molar-refractivity contribution in [2.75, 3.05) is 11.9 Å². The van der Waals surface area contributed by atoms with Gasteiger partial charge in [-0.15, -0.1) is 0 Å². The van der Waals surface area contributed by atoms with Gasteiger partial charge in [-0.05, 0) is 26.0 Å². The molecule has 3 rings (SSSR count). The molecule has 1 aromatic carbocycles. The van der Waals surface area contributed by atoms with Crippen molar-refractivity contribution in [2.24, 2.45) is 0 Å². The first-order valence-corrected chi connectivity index (χ1v) is 8.57. The molecule has 0 spiro atoms. The van der Waals surface area contributed by atoms with Crippen LogP contribution < -0.4 is 10.1 Å². The van der Waals surface area contributed by atoms with Gasteiger partial charge in [0.1, 0.15) is 22.4 Å². The van der Waals surface area contributed by atoms with E-state index >= 15 is 0 Å². The van der Waals surface area contributed by atoms with E-state index in [1.807, 2.05) is 20.8 Å². The topological polar surface area (TPSA) is 94.6 Å². The number of nitro groups is 1. The van der Waals surface area contributed by atoms with Gasteiger partial charge in [0.05, 0.1) is 23.8 Å². The molecule has 8 nitrogen and oxygen atoms in total. The van der Waals surface area contributed by atoms with E-state index in [0.717, 1.165) is 0 Å². The maximum atomic E-state index is 11.4. The fourth-order valence-corrected chi connectivity index (χ4v) is 2.47. The Hall–Kier alpha value is -2.87. The molecule has 0 atom stereocenters. The van der Waals surface area contributed by atoms with Gasteiger partial charge in [0, 0.05) is 11.6 Å². The molecule has 0 amide bonds. The highest BCUT2D eigenvalue weighted by Gasteiger charge is 2.19. The predicted octanol–water partition coefficient (Wildman–Crippen LogP) is 4.77. The molecule has 2 aromatic heterocycles. The summed E-state index contributed by atoms with van der Waals surface area (Å²) in [4.78, 5) is 15.1. The molecule has 0 saturated heterocycles. The van der Waals surface area contributed by atoms with Crippen LogP contribution in [-0.4, -0.2) is 26.1 Å². The average molecular weight is 378 g/mol. The first kappa shape index (κ1) is 19.5. The molecule has 0 aliphatic carbocycles. The van der Waals surface area contributed by atoms with E-state index in [1.54, 1.807) is 35.8 Å². The van der Waals surface area contributed by atoms with Crippen molar-refractivity contribution < 1.29 is 9.66 Å². The van der Waals surface area contributed by atoms with Gasteiger partial charge >= 0.3 is 0 Å². The molecule has 0 unspecified atom stereocenters. The first-order chi connectivity index (χ1) is 12.5. The van der Waals surface area contributed by atoms with Crippen molar-refractivity contribution in [3.05, 3.63) is 51.3 Å². The highest BCUT2D eigenvalue weighted by molar-refractivity contribution is 6.30. The quantitative estimate of drug-likeness (QED) is 0.391. The van der Waals surface area contributed by atoms with Crippen molar-refractivity contribution in [3.63, 3.8) is 0 Å². The summed E-state index contributed by atoms with van der Waals surface area (Å²) < 4.78 is 6.86. The normalized spacial score (nSPS) is 10.2. The second kappa shape index (κ2) is 8.48. The van der Waals surface area contributed by atoms with Gasteiger partial charge in [0.15, 0.2) is 5.65 Å². The van der Waals surface area contributed by atoms with Crippen LogP contribution in [0.15, 0.2) is 30.5 Å². The van der Waals surface area contributed by atoms with Crippen LogP contribution in [0.4, 0.5) is 17.2 Å². The van der Waals surface area contributed by atoms with Gasteiger partial charge in [-0.25, -0.2) is 4.98 Å². The van der Waals surface area contributed by atoms with E-state index in [2.05, 4.69) is 15.4 Å². The van der Waals surface area contributed by atoms with E-state index in [1.165, 1.54) is 6.07 Å². The second-order valence-corrected chi connectivity index (χ2v) is 5.33. The van der Waals surface area contributed by atoms with Crippen molar-refractivity contribution in [3.8, 4) is 5.75 Å². The fourth-order valence-electron chi connectivity index (χ4n) is 2.29. The zero-order valence-corrected chi connectivity index (χ0v) is 15.7. The Bertz CT molecular complexity index is 926. The minimum absolute atomic E-state index is 0.103. The third kappa shape index (κ3) is 3.85. The van der Waals surface area contributed by atoms with Gasteiger partial charge < -0.3 is 10.1 Å². The molecule has 9 heteroatoms. The molecule has 0 fully saturated rings. The molecule has 3 aromatic rings. The summed E-state index contributed by atoms with van der Waals surface area (Å²) in [5.41, 5.74) is 1.39. The van der Waals surface area contributed by atoms with Gasteiger partial charge in [-0.2, -0.15) is 9.61 Å². The molecule has 0 bridgehead atoms. The fraction of sp³-hybridized carbons (Fsp3) is 0.294. The molecule has 2 heterocycles. The van der Waals surface area contributed by atoms with Crippen molar-refractivity contribution in [1.29, 1.82) is 0 Å². The van der Waals surface area contributed by atoms with Gasteiger partial charge in [-0.3, -0.25) is 10.1 Å². The second-order valence-electron chi connectivity index (χ2n) is 4.97. The lowest BCUT2D eigenvalue weighted by Gasteiger charge is -2.13. The van der Waals surface area contributed by atoms with Crippen molar-refractivity contribution in [2.45, 2.75) is 27.7 Å². The Balaban J connectivity index is 0.00000117. The number of aromatic nitrogens is 3. The van der Waals surface area contributed by atoms with Crippen molar-refractivity contribution >= 4 is 34.4 Å². The molecule has 26 heavy (non-hydrogen) atoms.